The van der Waals surface area contributed by atoms with Gasteiger partial charge >= 0.3 is 0 Å². The van der Waals surface area contributed by atoms with Gasteiger partial charge in [-0.1, -0.05) is 0 Å². The molecule has 1 rings (SSSR count). The van der Waals surface area contributed by atoms with Crippen molar-refractivity contribution in [3.8, 4) is 0 Å². The molecule has 5 heteroatoms. The van der Waals surface area contributed by atoms with Crippen molar-refractivity contribution in [3.63, 3.8) is 0 Å². The van der Waals surface area contributed by atoms with Crippen LogP contribution in [-0.4, -0.2) is 26.2 Å². The van der Waals surface area contributed by atoms with Crippen LogP contribution in [0.3, 0.4) is 0 Å². The lowest BCUT2D eigenvalue weighted by atomic mass is 10.4. The van der Waals surface area contributed by atoms with Gasteiger partial charge in [0.25, 0.3) is 0 Å². The van der Waals surface area contributed by atoms with Crippen LogP contribution < -0.4 is 5.73 Å². The number of tetrazole rings is 1. The van der Waals surface area contributed by atoms with Gasteiger partial charge in [0.05, 0.1) is 6.54 Å². The molecule has 56 valence electrons. The Balaban J connectivity index is 2.65. The quantitative estimate of drug-likeness (QED) is 0.593. The summed E-state index contributed by atoms with van der Waals surface area (Å²) >= 11 is 0. The van der Waals surface area contributed by atoms with Gasteiger partial charge in [0.2, 0.25) is 0 Å². The highest BCUT2D eigenvalue weighted by Gasteiger charge is 2.01. The maximum Gasteiger partial charge on any atom is 0.148 e. The number of aromatic nitrogens is 4. The van der Waals surface area contributed by atoms with Gasteiger partial charge in [-0.3, -0.25) is 0 Å². The minimum Gasteiger partial charge on any atom is -0.326 e. The molecular weight excluding hydrogens is 130 g/mol. The highest BCUT2D eigenvalue weighted by atomic mass is 15.5. The second kappa shape index (κ2) is 2.74. The van der Waals surface area contributed by atoms with Gasteiger partial charge in [-0.05, 0) is 24.3 Å². The molecule has 5 nitrogen and oxygen atoms in total. The summed E-state index contributed by atoms with van der Waals surface area (Å²) in [6, 6.07) is 0.0993. The molecule has 0 aliphatic carbocycles. The van der Waals surface area contributed by atoms with Crippen molar-refractivity contribution < 1.29 is 0 Å². The van der Waals surface area contributed by atoms with Crippen LogP contribution in [0.5, 0.6) is 0 Å². The molecule has 10 heavy (non-hydrogen) atoms. The Morgan fingerprint density at radius 2 is 2.40 bits per heavy atom. The minimum atomic E-state index is 0.0993. The first kappa shape index (κ1) is 7.14. The average Bonchev–Trinajstić information content (AvgIpc) is 2.15. The first-order valence-corrected chi connectivity index (χ1v) is 3.18. The van der Waals surface area contributed by atoms with Gasteiger partial charge in [0.1, 0.15) is 5.82 Å². The minimum absolute atomic E-state index is 0.0993. The van der Waals surface area contributed by atoms with Crippen LogP contribution in [0, 0.1) is 6.92 Å². The van der Waals surface area contributed by atoms with E-state index in [0.717, 1.165) is 5.82 Å². The van der Waals surface area contributed by atoms with E-state index in [9.17, 15) is 0 Å². The lowest BCUT2D eigenvalue weighted by molar-refractivity contribution is 0.513. The second-order valence-corrected chi connectivity index (χ2v) is 2.39. The SMILES string of the molecule is Cc1nnnn1C[C@@H](C)N. The Bertz CT molecular complexity index is 204. The molecule has 0 bridgehead atoms. The molecule has 1 heterocycles. The summed E-state index contributed by atoms with van der Waals surface area (Å²) < 4.78 is 1.69. The largest absolute Gasteiger partial charge is 0.326 e. The lowest BCUT2D eigenvalue weighted by Crippen LogP contribution is -2.23. The standard InChI is InChI=1S/C5H11N5/c1-4(6)3-10-5(2)7-8-9-10/h4H,3,6H2,1-2H3/t4-/m1/s1. The first-order valence-electron chi connectivity index (χ1n) is 3.18. The van der Waals surface area contributed by atoms with Crippen molar-refractivity contribution in [2.45, 2.75) is 26.4 Å². The fourth-order valence-electron chi connectivity index (χ4n) is 0.691. The summed E-state index contributed by atoms with van der Waals surface area (Å²) in [6.07, 6.45) is 0. The van der Waals surface area contributed by atoms with Gasteiger partial charge < -0.3 is 5.73 Å². The molecule has 0 aromatic carbocycles. The molecule has 1 aromatic rings. The molecule has 1 atom stereocenters. The Hall–Kier alpha value is -0.970. The van der Waals surface area contributed by atoms with Gasteiger partial charge in [-0.25, -0.2) is 4.68 Å². The first-order chi connectivity index (χ1) is 4.70. The van der Waals surface area contributed by atoms with Gasteiger partial charge in [0, 0.05) is 6.04 Å². The number of nitrogens with zero attached hydrogens (tertiary/aromatic N) is 4. The topological polar surface area (TPSA) is 69.6 Å². The summed E-state index contributed by atoms with van der Waals surface area (Å²) in [6.45, 7) is 4.45. The van der Waals surface area contributed by atoms with Gasteiger partial charge in [0.15, 0.2) is 0 Å². The Morgan fingerprint density at radius 1 is 1.70 bits per heavy atom. The highest BCUT2D eigenvalue weighted by Crippen LogP contribution is 1.89. The van der Waals surface area contributed by atoms with Crippen molar-refractivity contribution >= 4 is 0 Å². The van der Waals surface area contributed by atoms with E-state index in [1.165, 1.54) is 0 Å². The predicted molar refractivity (Wildman–Crippen MR) is 36.2 cm³/mol. The fraction of sp³-hybridized carbons (Fsp3) is 0.800. The maximum atomic E-state index is 5.54. The smallest absolute Gasteiger partial charge is 0.148 e. The van der Waals surface area contributed by atoms with E-state index in [1.807, 2.05) is 13.8 Å². The van der Waals surface area contributed by atoms with E-state index in [-0.39, 0.29) is 6.04 Å². The van der Waals surface area contributed by atoms with E-state index in [2.05, 4.69) is 15.5 Å². The average molecular weight is 141 g/mol. The molecule has 1 aromatic heterocycles. The van der Waals surface area contributed by atoms with Crippen molar-refractivity contribution in [3.05, 3.63) is 5.82 Å². The van der Waals surface area contributed by atoms with E-state index in [4.69, 9.17) is 5.73 Å². The van der Waals surface area contributed by atoms with Gasteiger partial charge in [-0.2, -0.15) is 0 Å². The molecule has 0 aliphatic heterocycles. The zero-order valence-corrected chi connectivity index (χ0v) is 6.15. The fourth-order valence-corrected chi connectivity index (χ4v) is 0.691. The normalized spacial score (nSPS) is 13.5. The molecule has 0 spiro atoms. The molecule has 2 N–H and O–H groups in total. The van der Waals surface area contributed by atoms with E-state index in [0.29, 0.717) is 6.54 Å². The van der Waals surface area contributed by atoms with E-state index in [1.54, 1.807) is 4.68 Å². The summed E-state index contributed by atoms with van der Waals surface area (Å²) in [5.41, 5.74) is 5.54. The molecule has 0 saturated carbocycles. The Morgan fingerprint density at radius 3 is 2.80 bits per heavy atom. The number of nitrogens with two attached hydrogens (primary N) is 1. The molecular formula is C5H11N5. The molecule has 0 amide bonds. The van der Waals surface area contributed by atoms with E-state index >= 15 is 0 Å². The molecule has 0 unspecified atom stereocenters. The molecule has 0 radical (unpaired) electrons. The van der Waals surface area contributed by atoms with Gasteiger partial charge in [-0.15, -0.1) is 5.10 Å². The second-order valence-electron chi connectivity index (χ2n) is 2.39. The summed E-state index contributed by atoms with van der Waals surface area (Å²) in [4.78, 5) is 0. The lowest BCUT2D eigenvalue weighted by Gasteiger charge is -2.03. The van der Waals surface area contributed by atoms with Crippen molar-refractivity contribution in [2.75, 3.05) is 0 Å². The third-order valence-electron chi connectivity index (χ3n) is 1.17. The van der Waals surface area contributed by atoms with Crippen LogP contribution in [0.4, 0.5) is 0 Å². The molecule has 0 fully saturated rings. The summed E-state index contributed by atoms with van der Waals surface area (Å²) in [5, 5.41) is 10.9. The number of hydrogen-bond acceptors (Lipinski definition) is 4. The monoisotopic (exact) mass is 141 g/mol. The Kier molecular flexibility index (Phi) is 1.96. The summed E-state index contributed by atoms with van der Waals surface area (Å²) in [5.74, 6) is 0.803. The molecule has 0 saturated heterocycles. The van der Waals surface area contributed by atoms with Crippen molar-refractivity contribution in [2.24, 2.45) is 5.73 Å². The van der Waals surface area contributed by atoms with Crippen LogP contribution in [0.25, 0.3) is 0 Å². The van der Waals surface area contributed by atoms with Crippen LogP contribution in [-0.2, 0) is 6.54 Å². The van der Waals surface area contributed by atoms with Crippen LogP contribution in [0.15, 0.2) is 0 Å². The third kappa shape index (κ3) is 1.51. The Labute approximate surface area is 59.2 Å². The van der Waals surface area contributed by atoms with E-state index < -0.39 is 0 Å². The highest BCUT2D eigenvalue weighted by molar-refractivity contribution is 4.74. The number of hydrogen-bond donors (Lipinski definition) is 1. The number of rotatable bonds is 2. The third-order valence-corrected chi connectivity index (χ3v) is 1.17. The zero-order chi connectivity index (χ0) is 7.56. The zero-order valence-electron chi connectivity index (χ0n) is 6.15. The maximum absolute atomic E-state index is 5.54. The summed E-state index contributed by atoms with van der Waals surface area (Å²) in [7, 11) is 0. The van der Waals surface area contributed by atoms with Crippen LogP contribution in [0.1, 0.15) is 12.7 Å². The van der Waals surface area contributed by atoms with Crippen molar-refractivity contribution in [1.82, 2.24) is 20.2 Å². The van der Waals surface area contributed by atoms with Crippen molar-refractivity contribution in [1.29, 1.82) is 0 Å². The van der Waals surface area contributed by atoms with Crippen LogP contribution in [0.2, 0.25) is 0 Å². The van der Waals surface area contributed by atoms with Crippen LogP contribution >= 0.6 is 0 Å². The molecule has 0 aliphatic rings. The predicted octanol–water partition coefficient (Wildman–Crippen LogP) is -0.671. The number of aryl methyl sites for hydroxylation is 1.